The first-order valence-electron chi connectivity index (χ1n) is 9.22. The molecule has 0 spiro atoms. The van der Waals surface area contributed by atoms with Crippen LogP contribution in [0.4, 0.5) is 4.79 Å². The monoisotopic (exact) mass is 369 g/mol. The van der Waals surface area contributed by atoms with Gasteiger partial charge in [-0.2, -0.15) is 5.10 Å². The van der Waals surface area contributed by atoms with Gasteiger partial charge in [0, 0.05) is 41.9 Å². The van der Waals surface area contributed by atoms with Crippen molar-refractivity contribution in [1.82, 2.24) is 20.5 Å². The van der Waals surface area contributed by atoms with E-state index in [0.29, 0.717) is 19.5 Å². The van der Waals surface area contributed by atoms with E-state index in [4.69, 9.17) is 15.5 Å². The van der Waals surface area contributed by atoms with Gasteiger partial charge in [-0.1, -0.05) is 25.1 Å². The fraction of sp³-hybridized carbons (Fsp3) is 0.450. The number of benzene rings is 1. The molecule has 27 heavy (non-hydrogen) atoms. The van der Waals surface area contributed by atoms with Crippen LogP contribution in [0.1, 0.15) is 45.0 Å². The lowest BCUT2D eigenvalue weighted by molar-refractivity contribution is 0.0528. The van der Waals surface area contributed by atoms with Crippen molar-refractivity contribution in [3.05, 3.63) is 35.7 Å². The molecular formula is C20H27N5O2. The van der Waals surface area contributed by atoms with Crippen LogP contribution >= 0.6 is 0 Å². The minimum absolute atomic E-state index is 0.105. The molecule has 0 bridgehead atoms. The molecule has 1 atom stereocenters. The molecule has 0 aliphatic heterocycles. The molecule has 7 nitrogen and oxygen atoms in total. The van der Waals surface area contributed by atoms with Crippen molar-refractivity contribution in [2.24, 2.45) is 5.73 Å². The molecule has 0 aliphatic rings. The molecule has 0 saturated heterocycles. The number of carbonyl (C=O) groups excluding carboxylic acids is 1. The van der Waals surface area contributed by atoms with E-state index >= 15 is 0 Å². The molecule has 1 amide bonds. The molecule has 4 N–H and O–H groups in total. The standard InChI is InChI=1S/C20H27N5O2/c1-12(11-21)17-18-16(13-7-5-6-8-14(13)23-17)15(24-25-18)9-10-22-19(26)27-20(2,3)4/h5-8,12H,9-11,21H2,1-4H3,(H,22,26)(H,24,25). The van der Waals surface area contributed by atoms with Crippen LogP contribution in [0.15, 0.2) is 24.3 Å². The van der Waals surface area contributed by atoms with E-state index in [1.165, 1.54) is 0 Å². The lowest BCUT2D eigenvalue weighted by Crippen LogP contribution is -2.33. The molecular weight excluding hydrogens is 342 g/mol. The molecule has 0 fully saturated rings. The highest BCUT2D eigenvalue weighted by Crippen LogP contribution is 2.30. The Hall–Kier alpha value is -2.67. The zero-order valence-electron chi connectivity index (χ0n) is 16.3. The largest absolute Gasteiger partial charge is 0.444 e. The third-order valence-electron chi connectivity index (χ3n) is 4.36. The van der Waals surface area contributed by atoms with Gasteiger partial charge in [0.1, 0.15) is 11.1 Å². The van der Waals surface area contributed by atoms with E-state index in [0.717, 1.165) is 33.2 Å². The average molecular weight is 369 g/mol. The number of hydrogen-bond donors (Lipinski definition) is 3. The van der Waals surface area contributed by atoms with Gasteiger partial charge < -0.3 is 15.8 Å². The van der Waals surface area contributed by atoms with E-state index in [-0.39, 0.29) is 5.92 Å². The number of ether oxygens (including phenoxy) is 1. The maximum atomic E-state index is 11.9. The van der Waals surface area contributed by atoms with Crippen molar-refractivity contribution in [3.63, 3.8) is 0 Å². The zero-order chi connectivity index (χ0) is 19.6. The summed E-state index contributed by atoms with van der Waals surface area (Å²) in [4.78, 5) is 16.6. The van der Waals surface area contributed by atoms with E-state index in [2.05, 4.69) is 22.4 Å². The number of aromatic nitrogens is 3. The molecule has 0 saturated carbocycles. The topological polar surface area (TPSA) is 106 Å². The Balaban J connectivity index is 1.91. The zero-order valence-corrected chi connectivity index (χ0v) is 16.3. The number of hydrogen-bond acceptors (Lipinski definition) is 5. The van der Waals surface area contributed by atoms with Crippen LogP contribution in [0.25, 0.3) is 21.8 Å². The Kier molecular flexibility index (Phi) is 5.32. The maximum Gasteiger partial charge on any atom is 0.407 e. The van der Waals surface area contributed by atoms with Crippen LogP contribution in [0.3, 0.4) is 0 Å². The Morgan fingerprint density at radius 1 is 1.33 bits per heavy atom. The van der Waals surface area contributed by atoms with Crippen LogP contribution in [-0.2, 0) is 11.2 Å². The number of alkyl carbamates (subject to hydrolysis) is 1. The number of nitrogens with two attached hydrogens (primary N) is 1. The molecule has 1 unspecified atom stereocenters. The first-order chi connectivity index (χ1) is 12.8. The summed E-state index contributed by atoms with van der Waals surface area (Å²) in [6.07, 6.45) is 0.190. The van der Waals surface area contributed by atoms with Gasteiger partial charge in [-0.05, 0) is 26.8 Å². The van der Waals surface area contributed by atoms with Crippen LogP contribution in [0, 0.1) is 0 Å². The molecule has 0 radical (unpaired) electrons. The summed E-state index contributed by atoms with van der Waals surface area (Å²) in [5.41, 5.74) is 8.98. The summed E-state index contributed by atoms with van der Waals surface area (Å²) in [7, 11) is 0. The van der Waals surface area contributed by atoms with Crippen molar-refractivity contribution in [1.29, 1.82) is 0 Å². The van der Waals surface area contributed by atoms with Crippen molar-refractivity contribution < 1.29 is 9.53 Å². The second kappa shape index (κ2) is 7.52. The van der Waals surface area contributed by atoms with E-state index in [1.807, 2.05) is 45.0 Å². The second-order valence-corrected chi connectivity index (χ2v) is 7.76. The summed E-state index contributed by atoms with van der Waals surface area (Å²) in [5.74, 6) is 0.105. The van der Waals surface area contributed by atoms with Gasteiger partial charge in [-0.25, -0.2) is 4.79 Å². The Labute approximate surface area is 158 Å². The lowest BCUT2D eigenvalue weighted by Gasteiger charge is -2.19. The molecule has 1 aromatic carbocycles. The third kappa shape index (κ3) is 4.19. The van der Waals surface area contributed by atoms with Crippen LogP contribution in [-0.4, -0.2) is 40.0 Å². The number of carbonyl (C=O) groups is 1. The minimum atomic E-state index is -0.514. The molecule has 3 rings (SSSR count). The number of aromatic amines is 1. The Bertz CT molecular complexity index is 958. The van der Waals surface area contributed by atoms with Crippen LogP contribution in [0.2, 0.25) is 0 Å². The predicted molar refractivity (Wildman–Crippen MR) is 107 cm³/mol. The number of nitrogens with one attached hydrogen (secondary N) is 2. The summed E-state index contributed by atoms with van der Waals surface area (Å²) >= 11 is 0. The lowest BCUT2D eigenvalue weighted by atomic mass is 10.0. The van der Waals surface area contributed by atoms with E-state index < -0.39 is 11.7 Å². The number of para-hydroxylation sites is 1. The highest BCUT2D eigenvalue weighted by atomic mass is 16.6. The van der Waals surface area contributed by atoms with Crippen molar-refractivity contribution in [3.8, 4) is 0 Å². The van der Waals surface area contributed by atoms with Crippen molar-refractivity contribution in [2.45, 2.75) is 45.6 Å². The maximum absolute atomic E-state index is 11.9. The summed E-state index contributed by atoms with van der Waals surface area (Å²) in [6, 6.07) is 8.01. The van der Waals surface area contributed by atoms with Crippen molar-refractivity contribution >= 4 is 27.9 Å². The predicted octanol–water partition coefficient (Wildman–Crippen LogP) is 3.24. The number of nitrogens with zero attached hydrogens (tertiary/aromatic N) is 2. The molecule has 7 heteroatoms. The molecule has 2 heterocycles. The average Bonchev–Trinajstić information content (AvgIpc) is 3.03. The Morgan fingerprint density at radius 2 is 2.07 bits per heavy atom. The Morgan fingerprint density at radius 3 is 2.78 bits per heavy atom. The number of H-pyrrole nitrogens is 1. The molecule has 144 valence electrons. The number of pyridine rings is 1. The molecule has 3 aromatic rings. The number of fused-ring (bicyclic) bond motifs is 3. The van der Waals surface area contributed by atoms with Gasteiger partial charge in [0.05, 0.1) is 11.2 Å². The van der Waals surface area contributed by atoms with Gasteiger partial charge in [0.15, 0.2) is 0 Å². The number of amides is 1. The summed E-state index contributed by atoms with van der Waals surface area (Å²) < 4.78 is 5.28. The fourth-order valence-corrected chi connectivity index (χ4v) is 3.06. The summed E-state index contributed by atoms with van der Waals surface area (Å²) in [6.45, 7) is 8.53. The van der Waals surface area contributed by atoms with Gasteiger partial charge in [0.25, 0.3) is 0 Å². The van der Waals surface area contributed by atoms with Gasteiger partial charge >= 0.3 is 6.09 Å². The number of rotatable bonds is 5. The fourth-order valence-electron chi connectivity index (χ4n) is 3.06. The first-order valence-corrected chi connectivity index (χ1v) is 9.22. The SMILES string of the molecule is CC(CN)c1nc2ccccc2c2c(CCNC(=O)OC(C)(C)C)[nH]nc12. The van der Waals surface area contributed by atoms with E-state index in [1.54, 1.807) is 0 Å². The highest BCUT2D eigenvalue weighted by Gasteiger charge is 2.19. The van der Waals surface area contributed by atoms with Crippen molar-refractivity contribution in [2.75, 3.05) is 13.1 Å². The normalized spacial score (nSPS) is 13.1. The smallest absolute Gasteiger partial charge is 0.407 e. The first kappa shape index (κ1) is 19.1. The molecule has 0 aliphatic carbocycles. The van der Waals surface area contributed by atoms with Gasteiger partial charge in [-0.3, -0.25) is 10.1 Å². The molecule has 2 aromatic heterocycles. The second-order valence-electron chi connectivity index (χ2n) is 7.76. The van der Waals surface area contributed by atoms with Crippen LogP contribution < -0.4 is 11.1 Å². The van der Waals surface area contributed by atoms with Gasteiger partial charge in [0.2, 0.25) is 0 Å². The van der Waals surface area contributed by atoms with Crippen LogP contribution in [0.5, 0.6) is 0 Å². The third-order valence-corrected chi connectivity index (χ3v) is 4.36. The quantitative estimate of drug-likeness (QED) is 0.640. The van der Waals surface area contributed by atoms with Gasteiger partial charge in [-0.15, -0.1) is 0 Å². The minimum Gasteiger partial charge on any atom is -0.444 e. The summed E-state index contributed by atoms with van der Waals surface area (Å²) in [5, 5.41) is 12.5. The van der Waals surface area contributed by atoms with E-state index in [9.17, 15) is 4.79 Å². The highest BCUT2D eigenvalue weighted by molar-refractivity contribution is 6.06.